The van der Waals surface area contributed by atoms with E-state index in [0.29, 0.717) is 38.0 Å². The summed E-state index contributed by atoms with van der Waals surface area (Å²) in [7, 11) is 1.73. The summed E-state index contributed by atoms with van der Waals surface area (Å²) in [5, 5.41) is 0. The van der Waals surface area contributed by atoms with Gasteiger partial charge in [0.15, 0.2) is 0 Å². The lowest BCUT2D eigenvalue weighted by atomic mass is 9.93. The summed E-state index contributed by atoms with van der Waals surface area (Å²) in [6.45, 7) is 13.2. The van der Waals surface area contributed by atoms with Crippen LogP contribution in [-0.2, 0) is 9.59 Å². The van der Waals surface area contributed by atoms with Gasteiger partial charge in [-0.25, -0.2) is 0 Å². The molecule has 3 rings (SSSR count). The molecule has 2 aliphatic rings. The first-order valence-electron chi connectivity index (χ1n) is 14.3. The van der Waals surface area contributed by atoms with Crippen LogP contribution in [0.3, 0.4) is 0 Å². The van der Waals surface area contributed by atoms with Crippen molar-refractivity contribution in [2.45, 2.75) is 90.9 Å². The minimum absolute atomic E-state index is 0.0827. The van der Waals surface area contributed by atoms with Gasteiger partial charge in [0.1, 0.15) is 0 Å². The quantitative estimate of drug-likeness (QED) is 0.143. The normalized spacial score (nSPS) is 16.1. The van der Waals surface area contributed by atoms with Crippen LogP contribution in [-0.4, -0.2) is 35.2 Å². The fourth-order valence-electron chi connectivity index (χ4n) is 5.50. The Balaban J connectivity index is 1.94. The molecule has 214 valence electrons. The number of nitrogens with zero attached hydrogens (tertiary/aromatic N) is 2. The summed E-state index contributed by atoms with van der Waals surface area (Å²) < 4.78 is 1.67. The van der Waals surface area contributed by atoms with E-state index >= 15 is 0 Å². The summed E-state index contributed by atoms with van der Waals surface area (Å²) in [5.74, 6) is 0.181. The Morgan fingerprint density at radius 1 is 0.923 bits per heavy atom. The van der Waals surface area contributed by atoms with Crippen LogP contribution in [0.25, 0.3) is 5.70 Å². The Morgan fingerprint density at radius 3 is 2.08 bits per heavy atom. The van der Waals surface area contributed by atoms with Crippen molar-refractivity contribution in [1.29, 1.82) is 0 Å². The molecule has 1 atom stereocenters. The molecule has 4 nitrogen and oxygen atoms in total. The number of hydrogen-bond acceptors (Lipinski definition) is 4. The molecule has 0 saturated heterocycles. The third kappa shape index (κ3) is 8.23. The summed E-state index contributed by atoms with van der Waals surface area (Å²) >= 11 is 9.88. The van der Waals surface area contributed by atoms with Crippen LogP contribution in [0, 0.1) is 5.92 Å². The first-order valence-corrected chi connectivity index (χ1v) is 17.5. The predicted molar refractivity (Wildman–Crippen MR) is 175 cm³/mol. The van der Waals surface area contributed by atoms with Gasteiger partial charge in [-0.05, 0) is 62.8 Å². The lowest BCUT2D eigenvalue weighted by Crippen LogP contribution is -2.32. The van der Waals surface area contributed by atoms with E-state index in [-0.39, 0.29) is 11.8 Å². The van der Waals surface area contributed by atoms with E-state index < -0.39 is 0 Å². The molecule has 1 unspecified atom stereocenters. The highest BCUT2D eigenvalue weighted by Gasteiger charge is 2.48. The number of halogens is 2. The van der Waals surface area contributed by atoms with Crippen molar-refractivity contribution in [2.24, 2.45) is 5.92 Å². The highest BCUT2D eigenvalue weighted by Crippen LogP contribution is 2.49. The number of unbranched alkanes of at least 4 members (excludes halogenated alkanes) is 8. The highest BCUT2D eigenvalue weighted by atomic mass is 79.9. The zero-order valence-electron chi connectivity index (χ0n) is 23.6. The van der Waals surface area contributed by atoms with E-state index in [1.54, 1.807) is 23.3 Å². The number of thioether (sulfide) groups is 1. The summed E-state index contributed by atoms with van der Waals surface area (Å²) in [4.78, 5) is 32.9. The standard InChI is InChI=1S/C31H42Br2N2O2S2/c1-6-8-10-12-13-15-17-23(16-14-11-9-7-2)20-35-29(24-18-19-25(33)39-24)27-26(31(35)37)28(34(5)30(27)36)21(3)38-22(4)32/h18-19,23H,3-4,6-17,20H2,1-2,5H3. The summed E-state index contributed by atoms with van der Waals surface area (Å²) in [6.07, 6.45) is 14.7. The number of rotatable bonds is 18. The maximum atomic E-state index is 14.2. The Hall–Kier alpha value is -1.09. The first-order chi connectivity index (χ1) is 18.7. The molecule has 1 aromatic heterocycles. The van der Waals surface area contributed by atoms with Crippen LogP contribution in [0.5, 0.6) is 0 Å². The van der Waals surface area contributed by atoms with Gasteiger partial charge in [-0.2, -0.15) is 0 Å². The second-order valence-electron chi connectivity index (χ2n) is 10.5. The van der Waals surface area contributed by atoms with Crippen molar-refractivity contribution in [2.75, 3.05) is 13.6 Å². The van der Waals surface area contributed by atoms with Gasteiger partial charge >= 0.3 is 0 Å². The summed E-state index contributed by atoms with van der Waals surface area (Å²) in [6, 6.07) is 4.00. The Labute approximate surface area is 260 Å². The first kappa shape index (κ1) is 32.4. The molecule has 0 saturated carbocycles. The SMILES string of the molecule is C=C(Br)SC(=C)C1=C2C(=O)N(CC(CCCCCC)CCCCCCCC)C(c3ccc(Br)s3)=C2C(=O)N1C. The monoisotopic (exact) mass is 696 g/mol. The highest BCUT2D eigenvalue weighted by molar-refractivity contribution is 9.14. The molecule has 3 heterocycles. The Bertz CT molecular complexity index is 1140. The van der Waals surface area contributed by atoms with Gasteiger partial charge in [-0.3, -0.25) is 9.59 Å². The van der Waals surface area contributed by atoms with E-state index in [4.69, 9.17) is 0 Å². The molecule has 8 heteroatoms. The summed E-state index contributed by atoms with van der Waals surface area (Å²) in [5.41, 5.74) is 2.35. The lowest BCUT2D eigenvalue weighted by molar-refractivity contribution is -0.124. The van der Waals surface area contributed by atoms with Gasteiger partial charge in [0, 0.05) is 22.3 Å². The Kier molecular flexibility index (Phi) is 13.1. The molecule has 0 spiro atoms. The van der Waals surface area contributed by atoms with Crippen LogP contribution in [0.1, 0.15) is 95.8 Å². The van der Waals surface area contributed by atoms with Gasteiger partial charge in [-0.15, -0.1) is 11.3 Å². The van der Waals surface area contributed by atoms with Crippen LogP contribution < -0.4 is 0 Å². The van der Waals surface area contributed by atoms with Gasteiger partial charge in [0.05, 0.1) is 31.2 Å². The van der Waals surface area contributed by atoms with Crippen LogP contribution >= 0.6 is 55.0 Å². The molecular weight excluding hydrogens is 656 g/mol. The second kappa shape index (κ2) is 15.8. The number of fused-ring (bicyclic) bond motifs is 1. The average molecular weight is 699 g/mol. The fourth-order valence-corrected chi connectivity index (χ4v) is 8.14. The van der Waals surface area contributed by atoms with E-state index in [1.165, 1.54) is 76.0 Å². The molecule has 2 aliphatic heterocycles. The van der Waals surface area contributed by atoms with Crippen molar-refractivity contribution >= 4 is 72.5 Å². The predicted octanol–water partition coefficient (Wildman–Crippen LogP) is 10.2. The molecule has 0 radical (unpaired) electrons. The number of hydrogen-bond donors (Lipinski definition) is 0. The average Bonchev–Trinajstić information content (AvgIpc) is 3.51. The van der Waals surface area contributed by atoms with Crippen molar-refractivity contribution in [3.8, 4) is 0 Å². The van der Waals surface area contributed by atoms with Crippen LogP contribution in [0.4, 0.5) is 0 Å². The molecule has 0 fully saturated rings. The molecule has 0 aliphatic carbocycles. The van der Waals surface area contributed by atoms with Gasteiger partial charge in [-0.1, -0.05) is 103 Å². The minimum atomic E-state index is -0.146. The van der Waals surface area contributed by atoms with Crippen molar-refractivity contribution in [1.82, 2.24) is 9.80 Å². The number of carbonyl (C=O) groups is 2. The third-order valence-electron chi connectivity index (χ3n) is 7.48. The van der Waals surface area contributed by atoms with Gasteiger partial charge < -0.3 is 9.80 Å². The second-order valence-corrected chi connectivity index (χ2v) is 15.6. The lowest BCUT2D eigenvalue weighted by Gasteiger charge is -2.27. The third-order valence-corrected chi connectivity index (χ3v) is 10.3. The maximum Gasteiger partial charge on any atom is 0.261 e. The molecular formula is C31H42Br2N2O2S2. The fraction of sp³-hybridized carbons (Fsp3) is 0.548. The van der Waals surface area contributed by atoms with E-state index in [0.717, 1.165) is 27.2 Å². The maximum absolute atomic E-state index is 14.2. The van der Waals surface area contributed by atoms with E-state index in [9.17, 15) is 9.59 Å². The zero-order chi connectivity index (χ0) is 28.5. The van der Waals surface area contributed by atoms with Crippen molar-refractivity contribution in [3.63, 3.8) is 0 Å². The molecule has 39 heavy (non-hydrogen) atoms. The topological polar surface area (TPSA) is 40.6 Å². The molecule has 0 N–H and O–H groups in total. The van der Waals surface area contributed by atoms with Crippen molar-refractivity contribution in [3.05, 3.63) is 59.5 Å². The van der Waals surface area contributed by atoms with Gasteiger partial charge in [0.25, 0.3) is 11.8 Å². The smallest absolute Gasteiger partial charge is 0.261 e. The van der Waals surface area contributed by atoms with E-state index in [2.05, 4.69) is 58.9 Å². The number of carbonyl (C=O) groups excluding carboxylic acids is 2. The largest absolute Gasteiger partial charge is 0.309 e. The molecule has 0 bridgehead atoms. The number of amides is 2. The number of thiophene rings is 1. The Morgan fingerprint density at radius 2 is 1.51 bits per heavy atom. The van der Waals surface area contributed by atoms with Crippen LogP contribution in [0.15, 0.2) is 54.6 Å². The molecule has 1 aromatic rings. The van der Waals surface area contributed by atoms with Crippen LogP contribution in [0.2, 0.25) is 0 Å². The van der Waals surface area contributed by atoms with E-state index in [1.807, 2.05) is 17.0 Å². The minimum Gasteiger partial charge on any atom is -0.309 e. The number of likely N-dealkylation sites (N-methyl/N-ethyl adjacent to an activating group) is 1. The van der Waals surface area contributed by atoms with Crippen molar-refractivity contribution < 1.29 is 9.59 Å². The van der Waals surface area contributed by atoms with Gasteiger partial charge in [0.2, 0.25) is 0 Å². The molecule has 0 aromatic carbocycles. The zero-order valence-corrected chi connectivity index (χ0v) is 28.4. The molecule has 2 amide bonds.